The third-order valence-corrected chi connectivity index (χ3v) is 5.63. The number of thiophene rings is 1. The molecule has 96 valence electrons. The zero-order chi connectivity index (χ0) is 12.3. The zero-order valence-corrected chi connectivity index (χ0v) is 10.9. The Bertz CT molecular complexity index is 462. The number of aliphatic hydroxyl groups is 1. The molecular formula is C10H15NO4S2. The van der Waals surface area contributed by atoms with Crippen LogP contribution in [0.4, 0.5) is 0 Å². The molecule has 2 rings (SSSR count). The molecule has 0 saturated carbocycles. The van der Waals surface area contributed by atoms with Gasteiger partial charge in [-0.25, -0.2) is 13.1 Å². The quantitative estimate of drug-likeness (QED) is 0.849. The highest BCUT2D eigenvalue weighted by atomic mass is 32.2. The van der Waals surface area contributed by atoms with Crippen LogP contribution in [0.1, 0.15) is 18.4 Å². The molecule has 0 radical (unpaired) electrons. The monoisotopic (exact) mass is 277 g/mol. The highest BCUT2D eigenvalue weighted by molar-refractivity contribution is 7.91. The largest absolute Gasteiger partial charge is 0.392 e. The lowest BCUT2D eigenvalue weighted by molar-refractivity contribution is 0.0832. The topological polar surface area (TPSA) is 75.6 Å². The third-order valence-electron chi connectivity index (χ3n) is 2.62. The van der Waals surface area contributed by atoms with Gasteiger partial charge in [0.2, 0.25) is 10.0 Å². The average molecular weight is 277 g/mol. The van der Waals surface area contributed by atoms with Gasteiger partial charge in [0, 0.05) is 19.3 Å². The highest BCUT2D eigenvalue weighted by Gasteiger charge is 2.23. The maximum Gasteiger partial charge on any atom is 0.250 e. The summed E-state index contributed by atoms with van der Waals surface area (Å²) in [6, 6.07) is 1.46. The van der Waals surface area contributed by atoms with E-state index in [0.29, 0.717) is 31.6 Å². The molecule has 0 aromatic carbocycles. The molecule has 0 atom stereocenters. The molecule has 1 fully saturated rings. The third kappa shape index (κ3) is 3.26. The molecular weight excluding hydrogens is 262 g/mol. The number of hydrogen-bond acceptors (Lipinski definition) is 5. The van der Waals surface area contributed by atoms with E-state index < -0.39 is 10.0 Å². The summed E-state index contributed by atoms with van der Waals surface area (Å²) >= 11 is 1.13. The van der Waals surface area contributed by atoms with Crippen molar-refractivity contribution in [1.82, 2.24) is 4.72 Å². The van der Waals surface area contributed by atoms with E-state index in [1.54, 1.807) is 5.38 Å². The molecule has 2 N–H and O–H groups in total. The van der Waals surface area contributed by atoms with Gasteiger partial charge in [0.05, 0.1) is 6.61 Å². The van der Waals surface area contributed by atoms with Crippen molar-refractivity contribution in [2.75, 3.05) is 13.2 Å². The summed E-state index contributed by atoms with van der Waals surface area (Å²) in [5.74, 6) is 0. The second-order valence-electron chi connectivity index (χ2n) is 3.94. The summed E-state index contributed by atoms with van der Waals surface area (Å²) in [5.41, 5.74) is 0.627. The second-order valence-corrected chi connectivity index (χ2v) is 6.79. The van der Waals surface area contributed by atoms with E-state index in [4.69, 9.17) is 9.84 Å². The van der Waals surface area contributed by atoms with E-state index in [-0.39, 0.29) is 16.9 Å². The molecule has 1 aromatic heterocycles. The molecule has 2 heterocycles. The van der Waals surface area contributed by atoms with E-state index in [1.165, 1.54) is 6.07 Å². The fourth-order valence-electron chi connectivity index (χ4n) is 1.67. The van der Waals surface area contributed by atoms with Crippen molar-refractivity contribution in [3.05, 3.63) is 17.0 Å². The van der Waals surface area contributed by atoms with Crippen molar-refractivity contribution in [2.24, 2.45) is 0 Å². The van der Waals surface area contributed by atoms with Crippen molar-refractivity contribution in [1.29, 1.82) is 0 Å². The Hall–Kier alpha value is -0.470. The van der Waals surface area contributed by atoms with Crippen molar-refractivity contribution >= 4 is 21.4 Å². The van der Waals surface area contributed by atoms with E-state index >= 15 is 0 Å². The minimum absolute atomic E-state index is 0.0478. The van der Waals surface area contributed by atoms with Gasteiger partial charge in [0.1, 0.15) is 4.21 Å². The van der Waals surface area contributed by atoms with Crippen LogP contribution >= 0.6 is 11.3 Å². The Balaban J connectivity index is 2.07. The maximum atomic E-state index is 12.0. The van der Waals surface area contributed by atoms with E-state index in [9.17, 15) is 8.42 Å². The first-order valence-corrected chi connectivity index (χ1v) is 7.76. The van der Waals surface area contributed by atoms with Gasteiger partial charge in [0.25, 0.3) is 0 Å². The fourth-order valence-corrected chi connectivity index (χ4v) is 4.19. The number of hydrogen-bond donors (Lipinski definition) is 2. The summed E-state index contributed by atoms with van der Waals surface area (Å²) < 4.78 is 32.1. The van der Waals surface area contributed by atoms with Gasteiger partial charge in [-0.1, -0.05) is 0 Å². The van der Waals surface area contributed by atoms with Crippen LogP contribution in [0.25, 0.3) is 0 Å². The lowest BCUT2D eigenvalue weighted by Crippen LogP contribution is -2.38. The van der Waals surface area contributed by atoms with Gasteiger partial charge in [-0.3, -0.25) is 0 Å². The zero-order valence-electron chi connectivity index (χ0n) is 9.26. The molecule has 0 spiro atoms. The first-order chi connectivity index (χ1) is 8.12. The molecule has 0 bridgehead atoms. The van der Waals surface area contributed by atoms with Crippen LogP contribution in [-0.4, -0.2) is 32.8 Å². The number of aliphatic hydroxyl groups excluding tert-OH is 1. The maximum absolute atomic E-state index is 12.0. The number of sulfonamides is 1. The highest BCUT2D eigenvalue weighted by Crippen LogP contribution is 2.21. The van der Waals surface area contributed by atoms with Gasteiger partial charge in [-0.05, 0) is 29.9 Å². The minimum atomic E-state index is -3.45. The fraction of sp³-hybridized carbons (Fsp3) is 0.600. The van der Waals surface area contributed by atoms with Gasteiger partial charge in [0.15, 0.2) is 0 Å². The van der Waals surface area contributed by atoms with Crippen molar-refractivity contribution < 1.29 is 18.3 Å². The molecule has 17 heavy (non-hydrogen) atoms. The van der Waals surface area contributed by atoms with Crippen LogP contribution in [0.2, 0.25) is 0 Å². The number of nitrogens with one attached hydrogen (secondary N) is 1. The average Bonchev–Trinajstić information content (AvgIpc) is 2.79. The Morgan fingerprint density at radius 2 is 2.18 bits per heavy atom. The van der Waals surface area contributed by atoms with Gasteiger partial charge < -0.3 is 9.84 Å². The molecule has 1 aliphatic heterocycles. The molecule has 1 saturated heterocycles. The molecule has 0 unspecified atom stereocenters. The van der Waals surface area contributed by atoms with Crippen LogP contribution in [0.15, 0.2) is 15.7 Å². The van der Waals surface area contributed by atoms with Crippen LogP contribution in [0, 0.1) is 0 Å². The Kier molecular flexibility index (Phi) is 4.16. The van der Waals surface area contributed by atoms with Gasteiger partial charge in [-0.15, -0.1) is 11.3 Å². The van der Waals surface area contributed by atoms with E-state index in [2.05, 4.69) is 4.72 Å². The van der Waals surface area contributed by atoms with Gasteiger partial charge in [-0.2, -0.15) is 0 Å². The molecule has 5 nitrogen and oxygen atoms in total. The summed E-state index contributed by atoms with van der Waals surface area (Å²) in [4.78, 5) is 0. The Morgan fingerprint density at radius 1 is 1.47 bits per heavy atom. The van der Waals surface area contributed by atoms with Gasteiger partial charge >= 0.3 is 0 Å². The summed E-state index contributed by atoms with van der Waals surface area (Å²) in [7, 11) is -3.45. The number of ether oxygens (including phenoxy) is 1. The normalized spacial score (nSPS) is 18.4. The summed E-state index contributed by atoms with van der Waals surface area (Å²) in [5, 5.41) is 10.6. The van der Waals surface area contributed by atoms with E-state index in [1.807, 2.05) is 0 Å². The molecule has 1 aliphatic rings. The van der Waals surface area contributed by atoms with Crippen LogP contribution in [-0.2, 0) is 21.4 Å². The second kappa shape index (κ2) is 5.45. The minimum Gasteiger partial charge on any atom is -0.392 e. The van der Waals surface area contributed by atoms with Crippen LogP contribution in [0.3, 0.4) is 0 Å². The Morgan fingerprint density at radius 3 is 2.76 bits per heavy atom. The predicted molar refractivity (Wildman–Crippen MR) is 64.4 cm³/mol. The predicted octanol–water partition coefficient (Wildman–Crippen LogP) is 0.698. The molecule has 0 amide bonds. The number of rotatable bonds is 4. The Labute approximate surface area is 104 Å². The smallest absolute Gasteiger partial charge is 0.250 e. The summed E-state index contributed by atoms with van der Waals surface area (Å²) in [6.45, 7) is 1.06. The lowest BCUT2D eigenvalue weighted by Gasteiger charge is -2.22. The summed E-state index contributed by atoms with van der Waals surface area (Å²) in [6.07, 6.45) is 1.41. The lowest BCUT2D eigenvalue weighted by atomic mass is 10.1. The standard InChI is InChI=1S/C10H15NO4S2/c12-6-8-5-10(16-7-8)17(13,14)11-9-1-3-15-4-2-9/h5,7,9,11-12H,1-4,6H2. The molecule has 0 aliphatic carbocycles. The molecule has 1 aromatic rings. The van der Waals surface area contributed by atoms with E-state index in [0.717, 1.165) is 11.3 Å². The van der Waals surface area contributed by atoms with Crippen molar-refractivity contribution in [2.45, 2.75) is 29.7 Å². The first kappa shape index (κ1) is 13.0. The van der Waals surface area contributed by atoms with Crippen molar-refractivity contribution in [3.63, 3.8) is 0 Å². The van der Waals surface area contributed by atoms with Crippen LogP contribution < -0.4 is 4.72 Å². The van der Waals surface area contributed by atoms with Crippen LogP contribution in [0.5, 0.6) is 0 Å². The van der Waals surface area contributed by atoms with Crippen molar-refractivity contribution in [3.8, 4) is 0 Å². The SMILES string of the molecule is O=S(=O)(NC1CCOCC1)c1cc(CO)cs1. The molecule has 7 heteroatoms. The first-order valence-electron chi connectivity index (χ1n) is 5.40.